The molecule has 0 aliphatic heterocycles. The lowest BCUT2D eigenvalue weighted by molar-refractivity contribution is 0.757. The number of rotatable bonds is 4. The van der Waals surface area contributed by atoms with Crippen LogP contribution in [-0.4, -0.2) is 16.5 Å². The summed E-state index contributed by atoms with van der Waals surface area (Å²) in [4.78, 5) is 8.25. The first kappa shape index (κ1) is 9.71. The molecule has 1 aromatic rings. The predicted octanol–water partition coefficient (Wildman–Crippen LogP) is 2.65. The number of anilines is 1. The van der Waals surface area contributed by atoms with Crippen LogP contribution in [0.4, 0.5) is 5.82 Å². The lowest BCUT2D eigenvalue weighted by Gasteiger charge is -2.05. The van der Waals surface area contributed by atoms with Crippen LogP contribution in [0.1, 0.15) is 25.1 Å². The topological polar surface area (TPSA) is 37.8 Å². The molecule has 1 aliphatic rings. The Bertz CT molecular complexity index is 303. The Kier molecular flexibility index (Phi) is 2.87. The number of aryl methyl sites for hydroxylation is 1. The molecule has 2 rings (SSSR count). The van der Waals surface area contributed by atoms with Gasteiger partial charge in [-0.15, -0.1) is 0 Å². The molecule has 0 aromatic carbocycles. The van der Waals surface area contributed by atoms with Gasteiger partial charge in [-0.3, -0.25) is 0 Å². The predicted molar refractivity (Wildman–Crippen MR) is 57.6 cm³/mol. The van der Waals surface area contributed by atoms with Crippen molar-refractivity contribution in [2.45, 2.75) is 26.2 Å². The molecule has 3 nitrogen and oxygen atoms in total. The SMILES string of the molecule is Cc1nc(Cl)cc(NCCC2CC2)n1. The van der Waals surface area contributed by atoms with Gasteiger partial charge in [0.1, 0.15) is 16.8 Å². The van der Waals surface area contributed by atoms with Gasteiger partial charge in [0.2, 0.25) is 0 Å². The summed E-state index contributed by atoms with van der Waals surface area (Å²) >= 11 is 5.81. The summed E-state index contributed by atoms with van der Waals surface area (Å²) in [5, 5.41) is 3.77. The Labute approximate surface area is 88.9 Å². The summed E-state index contributed by atoms with van der Waals surface area (Å²) in [6, 6.07) is 1.77. The zero-order valence-corrected chi connectivity index (χ0v) is 9.01. The number of aromatic nitrogens is 2. The van der Waals surface area contributed by atoms with Gasteiger partial charge in [-0.1, -0.05) is 24.4 Å². The first-order chi connectivity index (χ1) is 6.74. The fraction of sp³-hybridized carbons (Fsp3) is 0.600. The lowest BCUT2D eigenvalue weighted by Crippen LogP contribution is -2.05. The van der Waals surface area contributed by atoms with E-state index in [9.17, 15) is 0 Å². The lowest BCUT2D eigenvalue weighted by atomic mass is 10.3. The molecule has 4 heteroatoms. The van der Waals surface area contributed by atoms with Gasteiger partial charge >= 0.3 is 0 Å². The van der Waals surface area contributed by atoms with E-state index >= 15 is 0 Å². The second-order valence-electron chi connectivity index (χ2n) is 3.78. The number of hydrogen-bond donors (Lipinski definition) is 1. The van der Waals surface area contributed by atoms with Crippen molar-refractivity contribution in [3.63, 3.8) is 0 Å². The standard InChI is InChI=1S/C10H14ClN3/c1-7-13-9(11)6-10(14-7)12-5-4-8-2-3-8/h6,8H,2-5H2,1H3,(H,12,13,14). The van der Waals surface area contributed by atoms with E-state index in [2.05, 4.69) is 15.3 Å². The molecule has 0 saturated heterocycles. The molecule has 1 aromatic heterocycles. The van der Waals surface area contributed by atoms with E-state index < -0.39 is 0 Å². The molecule has 0 bridgehead atoms. The molecule has 0 atom stereocenters. The van der Waals surface area contributed by atoms with Crippen molar-refractivity contribution < 1.29 is 0 Å². The van der Waals surface area contributed by atoms with Crippen molar-refractivity contribution in [3.05, 3.63) is 17.0 Å². The number of hydrogen-bond acceptors (Lipinski definition) is 3. The van der Waals surface area contributed by atoms with Crippen LogP contribution >= 0.6 is 11.6 Å². The Balaban J connectivity index is 1.87. The Morgan fingerprint density at radius 2 is 2.29 bits per heavy atom. The molecular formula is C10H14ClN3. The van der Waals surface area contributed by atoms with Crippen molar-refractivity contribution >= 4 is 17.4 Å². The van der Waals surface area contributed by atoms with E-state index in [0.29, 0.717) is 11.0 Å². The normalized spacial score (nSPS) is 15.6. The molecule has 76 valence electrons. The molecule has 14 heavy (non-hydrogen) atoms. The average molecular weight is 212 g/mol. The maximum absolute atomic E-state index is 5.81. The maximum Gasteiger partial charge on any atom is 0.134 e. The van der Waals surface area contributed by atoms with Gasteiger partial charge in [0.25, 0.3) is 0 Å². The molecule has 1 saturated carbocycles. The minimum absolute atomic E-state index is 0.506. The Hall–Kier alpha value is -0.830. The van der Waals surface area contributed by atoms with Crippen LogP contribution in [0.3, 0.4) is 0 Å². The third-order valence-electron chi connectivity index (χ3n) is 2.36. The van der Waals surface area contributed by atoms with Crippen LogP contribution in [0.25, 0.3) is 0 Å². The van der Waals surface area contributed by atoms with Gasteiger partial charge in [0.05, 0.1) is 0 Å². The largest absolute Gasteiger partial charge is 0.370 e. The van der Waals surface area contributed by atoms with Gasteiger partial charge in [-0.25, -0.2) is 9.97 Å². The van der Waals surface area contributed by atoms with E-state index in [1.807, 2.05) is 6.92 Å². The third-order valence-corrected chi connectivity index (χ3v) is 2.56. The monoisotopic (exact) mass is 211 g/mol. The van der Waals surface area contributed by atoms with Crippen LogP contribution in [0.5, 0.6) is 0 Å². The minimum Gasteiger partial charge on any atom is -0.370 e. The molecule has 1 heterocycles. The molecular weight excluding hydrogens is 198 g/mol. The second-order valence-corrected chi connectivity index (χ2v) is 4.17. The van der Waals surface area contributed by atoms with Gasteiger partial charge < -0.3 is 5.32 Å². The quantitative estimate of drug-likeness (QED) is 0.779. The highest BCUT2D eigenvalue weighted by molar-refractivity contribution is 6.29. The van der Waals surface area contributed by atoms with Crippen molar-refractivity contribution in [1.82, 2.24) is 9.97 Å². The molecule has 0 spiro atoms. The summed E-state index contributed by atoms with van der Waals surface area (Å²) in [6.07, 6.45) is 4.02. The molecule has 0 unspecified atom stereocenters. The Morgan fingerprint density at radius 3 is 2.93 bits per heavy atom. The molecule has 0 amide bonds. The zero-order valence-electron chi connectivity index (χ0n) is 8.26. The zero-order chi connectivity index (χ0) is 9.97. The van der Waals surface area contributed by atoms with Crippen LogP contribution in [0, 0.1) is 12.8 Å². The summed E-state index contributed by atoms with van der Waals surface area (Å²) in [6.45, 7) is 2.83. The van der Waals surface area contributed by atoms with Crippen LogP contribution in [0.15, 0.2) is 6.07 Å². The second kappa shape index (κ2) is 4.13. The smallest absolute Gasteiger partial charge is 0.134 e. The first-order valence-corrected chi connectivity index (χ1v) is 5.37. The van der Waals surface area contributed by atoms with Crippen LogP contribution in [-0.2, 0) is 0 Å². The highest BCUT2D eigenvalue weighted by Gasteiger charge is 2.20. The van der Waals surface area contributed by atoms with Crippen molar-refractivity contribution in [1.29, 1.82) is 0 Å². The van der Waals surface area contributed by atoms with E-state index in [1.165, 1.54) is 19.3 Å². The summed E-state index contributed by atoms with van der Waals surface area (Å²) in [5.41, 5.74) is 0. The number of nitrogens with one attached hydrogen (secondary N) is 1. The van der Waals surface area contributed by atoms with Crippen molar-refractivity contribution in [2.24, 2.45) is 5.92 Å². The molecule has 1 N–H and O–H groups in total. The van der Waals surface area contributed by atoms with Crippen LogP contribution < -0.4 is 5.32 Å². The van der Waals surface area contributed by atoms with Crippen molar-refractivity contribution in [2.75, 3.05) is 11.9 Å². The van der Waals surface area contributed by atoms with E-state index in [-0.39, 0.29) is 0 Å². The highest BCUT2D eigenvalue weighted by atomic mass is 35.5. The van der Waals surface area contributed by atoms with Crippen LogP contribution in [0.2, 0.25) is 5.15 Å². The van der Waals surface area contributed by atoms with E-state index in [1.54, 1.807) is 6.07 Å². The highest BCUT2D eigenvalue weighted by Crippen LogP contribution is 2.32. The van der Waals surface area contributed by atoms with Gasteiger partial charge in [-0.05, 0) is 19.3 Å². The fourth-order valence-corrected chi connectivity index (χ4v) is 1.66. The van der Waals surface area contributed by atoms with Gasteiger partial charge in [-0.2, -0.15) is 0 Å². The summed E-state index contributed by atoms with van der Waals surface area (Å²) in [5.74, 6) is 2.50. The molecule has 0 radical (unpaired) electrons. The summed E-state index contributed by atoms with van der Waals surface area (Å²) < 4.78 is 0. The fourth-order valence-electron chi connectivity index (χ4n) is 1.43. The average Bonchev–Trinajstić information content (AvgIpc) is 2.86. The van der Waals surface area contributed by atoms with Gasteiger partial charge in [0, 0.05) is 12.6 Å². The molecule has 1 fully saturated rings. The minimum atomic E-state index is 0.506. The van der Waals surface area contributed by atoms with Crippen molar-refractivity contribution in [3.8, 4) is 0 Å². The van der Waals surface area contributed by atoms with Gasteiger partial charge in [0.15, 0.2) is 0 Å². The molecule has 1 aliphatic carbocycles. The van der Waals surface area contributed by atoms with E-state index in [0.717, 1.165) is 18.3 Å². The third kappa shape index (κ3) is 2.84. The Morgan fingerprint density at radius 1 is 1.50 bits per heavy atom. The first-order valence-electron chi connectivity index (χ1n) is 4.99. The summed E-state index contributed by atoms with van der Waals surface area (Å²) in [7, 11) is 0. The number of halogens is 1. The van der Waals surface area contributed by atoms with E-state index in [4.69, 9.17) is 11.6 Å². The maximum atomic E-state index is 5.81. The number of nitrogens with zero attached hydrogens (tertiary/aromatic N) is 2.